The van der Waals surface area contributed by atoms with Crippen LogP contribution in [0.2, 0.25) is 10.6 Å². The molecule has 1 aliphatic rings. The van der Waals surface area contributed by atoms with Gasteiger partial charge in [0.2, 0.25) is 10.6 Å². The predicted molar refractivity (Wildman–Crippen MR) is 166 cm³/mol. The Morgan fingerprint density at radius 1 is 0.927 bits per heavy atom. The van der Waals surface area contributed by atoms with Crippen molar-refractivity contribution < 1.29 is 67.1 Å². The number of carbonyl (C=O) groups excluding carboxylic acids is 2. The quantitative estimate of drug-likeness (QED) is 0.0860. The second-order valence-electron chi connectivity index (χ2n) is 8.30. The van der Waals surface area contributed by atoms with Gasteiger partial charge in [-0.15, -0.1) is 0 Å². The van der Waals surface area contributed by atoms with Crippen LogP contribution < -0.4 is 62.0 Å². The molecule has 2 N–H and O–H groups in total. The van der Waals surface area contributed by atoms with E-state index in [2.05, 4.69) is 78.8 Å². The van der Waals surface area contributed by atoms with E-state index in [0.29, 0.717) is 41.9 Å². The van der Waals surface area contributed by atoms with Crippen LogP contribution in [0, 0.1) is 15.4 Å². The van der Waals surface area contributed by atoms with Crippen molar-refractivity contribution in [2.75, 3.05) is 30.3 Å². The fourth-order valence-electron chi connectivity index (χ4n) is 3.47. The fraction of sp³-hybridized carbons (Fsp3) is 0.333. The van der Waals surface area contributed by atoms with Crippen molar-refractivity contribution in [1.29, 1.82) is 0 Å². The molecule has 1 aromatic carbocycles. The van der Waals surface area contributed by atoms with E-state index >= 15 is 0 Å². The summed E-state index contributed by atoms with van der Waals surface area (Å²) < 4.78 is 0.991. The van der Waals surface area contributed by atoms with Gasteiger partial charge in [0, 0.05) is 38.4 Å². The van der Waals surface area contributed by atoms with E-state index in [1.807, 2.05) is 0 Å². The standard InChI is InChI=1S/C20H19ClN4O2.C7H9ClIN3.FH.K.H/c1-2-11-22-17-14(13-23-20(21)24-17)8-4-3-7-12-25-18(26)15-9-5-6-10-16(15)19(25)27;1-2-3-10-6-5(9)4-11-7(8)12-6;;;/h5-6,9-10,13H,2-3,7,11-12H2,1H3,(H,22,23,24);4H,2-3H2,1H3,(H,10,11,12);1H;;/q;;;+1;-1. The van der Waals surface area contributed by atoms with Gasteiger partial charge in [-0.25, -0.2) is 9.97 Å². The number of imide groups is 1. The van der Waals surface area contributed by atoms with E-state index < -0.39 is 0 Å². The largest absolute Gasteiger partial charge is 1.00 e. The summed E-state index contributed by atoms with van der Waals surface area (Å²) in [5.74, 6) is 7.04. The summed E-state index contributed by atoms with van der Waals surface area (Å²) >= 11 is 13.6. The third-order valence-corrected chi connectivity index (χ3v) is 6.50. The van der Waals surface area contributed by atoms with Crippen molar-refractivity contribution in [2.24, 2.45) is 0 Å². The Morgan fingerprint density at radius 3 is 2.05 bits per heavy atom. The maximum atomic E-state index is 12.3. The second kappa shape index (κ2) is 19.7. The third kappa shape index (κ3) is 11.3. The molecule has 3 heterocycles. The number of hydrogen-bond acceptors (Lipinski definition) is 8. The minimum atomic E-state index is -0.235. The summed E-state index contributed by atoms with van der Waals surface area (Å²) in [6, 6.07) is 6.89. The van der Waals surface area contributed by atoms with E-state index in [-0.39, 0.29) is 79.9 Å². The van der Waals surface area contributed by atoms with Crippen molar-refractivity contribution in [3.8, 4) is 11.8 Å². The number of amides is 2. The zero-order valence-corrected chi connectivity index (χ0v) is 29.8. The zero-order valence-electron chi connectivity index (χ0n) is 24.0. The molecule has 1 aliphatic heterocycles. The Hall–Kier alpha value is -1.44. The molecule has 0 saturated carbocycles. The van der Waals surface area contributed by atoms with Crippen LogP contribution in [0.15, 0.2) is 36.7 Å². The van der Waals surface area contributed by atoms with Crippen molar-refractivity contribution in [3.63, 3.8) is 0 Å². The van der Waals surface area contributed by atoms with Crippen LogP contribution in [0.4, 0.5) is 16.3 Å². The van der Waals surface area contributed by atoms with Gasteiger partial charge in [-0.05, 0) is 77.2 Å². The molecule has 0 bridgehead atoms. The Balaban J connectivity index is 0.000000957. The van der Waals surface area contributed by atoms with Gasteiger partial charge in [-0.2, -0.15) is 9.97 Å². The van der Waals surface area contributed by atoms with Gasteiger partial charge in [0.1, 0.15) is 11.6 Å². The second-order valence-corrected chi connectivity index (χ2v) is 10.1. The first kappa shape index (κ1) is 37.6. The summed E-state index contributed by atoms with van der Waals surface area (Å²) in [6.07, 6.45) is 6.46. The third-order valence-electron chi connectivity index (χ3n) is 5.34. The molecule has 0 unspecified atom stereocenters. The van der Waals surface area contributed by atoms with E-state index in [9.17, 15) is 9.59 Å². The first-order chi connectivity index (χ1) is 18.8. The van der Waals surface area contributed by atoms with Crippen molar-refractivity contribution >= 4 is 69.2 Å². The Morgan fingerprint density at radius 2 is 1.46 bits per heavy atom. The fourth-order valence-corrected chi connectivity index (χ4v) is 4.19. The molecule has 0 saturated heterocycles. The molecule has 0 aliphatic carbocycles. The normalized spacial score (nSPS) is 11.2. The monoisotopic (exact) mass is 739 g/mol. The number of rotatable bonds is 9. The summed E-state index contributed by atoms with van der Waals surface area (Å²) in [5, 5.41) is 6.79. The zero-order chi connectivity index (χ0) is 28.2. The smallest absolute Gasteiger partial charge is 1.00 e. The van der Waals surface area contributed by atoms with Gasteiger partial charge in [-0.3, -0.25) is 19.2 Å². The van der Waals surface area contributed by atoms with Crippen LogP contribution in [-0.2, 0) is 0 Å². The molecule has 0 fully saturated rings. The first-order valence-corrected chi connectivity index (χ1v) is 14.3. The number of nitrogens with zero attached hydrogens (tertiary/aromatic N) is 5. The van der Waals surface area contributed by atoms with Gasteiger partial charge in [0.15, 0.2) is 0 Å². The number of nitrogens with one attached hydrogen (secondary N) is 2. The van der Waals surface area contributed by atoms with E-state index in [4.69, 9.17) is 23.2 Å². The molecular weight excluding hydrogens is 710 g/mol. The maximum absolute atomic E-state index is 12.3. The van der Waals surface area contributed by atoms with E-state index in [0.717, 1.165) is 35.3 Å². The van der Waals surface area contributed by atoms with Crippen molar-refractivity contribution in [2.45, 2.75) is 39.5 Å². The topological polar surface area (TPSA) is 113 Å². The molecule has 0 atom stereocenters. The Labute approximate surface area is 306 Å². The van der Waals surface area contributed by atoms with E-state index in [1.54, 1.807) is 36.7 Å². The number of benzene rings is 1. The van der Waals surface area contributed by atoms with Crippen LogP contribution in [0.5, 0.6) is 0 Å². The van der Waals surface area contributed by atoms with Crippen LogP contribution in [0.25, 0.3) is 0 Å². The molecule has 2 amide bonds. The number of carbonyl (C=O) groups is 2. The molecule has 214 valence electrons. The van der Waals surface area contributed by atoms with Crippen LogP contribution in [-0.4, -0.2) is 56.3 Å². The average molecular weight is 740 g/mol. The van der Waals surface area contributed by atoms with Gasteiger partial charge < -0.3 is 12.1 Å². The molecule has 2 aromatic heterocycles. The molecule has 0 radical (unpaired) electrons. The molecule has 41 heavy (non-hydrogen) atoms. The van der Waals surface area contributed by atoms with E-state index in [1.165, 1.54) is 4.90 Å². The molecule has 14 heteroatoms. The molecule has 4 rings (SSSR count). The van der Waals surface area contributed by atoms with Crippen molar-refractivity contribution in [1.82, 2.24) is 24.8 Å². The Kier molecular flexibility index (Phi) is 18.0. The first-order valence-electron chi connectivity index (χ1n) is 12.5. The van der Waals surface area contributed by atoms with Gasteiger partial charge in [-0.1, -0.05) is 37.8 Å². The molecule has 0 spiro atoms. The van der Waals surface area contributed by atoms with Crippen LogP contribution >= 0.6 is 45.8 Å². The predicted octanol–water partition coefficient (Wildman–Crippen LogP) is 3.21. The number of anilines is 2. The van der Waals surface area contributed by atoms with Gasteiger partial charge in [0.25, 0.3) is 11.8 Å². The maximum Gasteiger partial charge on any atom is 1.00 e. The number of halogens is 4. The SMILES string of the molecule is CCCNc1nc(Cl)ncc1C#CCCCN1C(=O)c2ccccc2C1=O.CCCNc1nc(Cl)ncc1I.F.[H-].[K+]. The molecule has 9 nitrogen and oxygen atoms in total. The number of fused-ring (bicyclic) bond motifs is 1. The Bertz CT molecular complexity index is 1360. The minimum Gasteiger partial charge on any atom is -1.00 e. The minimum absolute atomic E-state index is 0. The number of aromatic nitrogens is 4. The van der Waals surface area contributed by atoms with Crippen molar-refractivity contribution in [3.05, 3.63) is 67.5 Å². The van der Waals surface area contributed by atoms with Crippen LogP contribution in [0.1, 0.15) is 67.2 Å². The average Bonchev–Trinajstić information content (AvgIpc) is 3.18. The number of hydrogen-bond donors (Lipinski definition) is 2. The van der Waals surface area contributed by atoms with Gasteiger partial charge in [0.05, 0.1) is 20.3 Å². The summed E-state index contributed by atoms with van der Waals surface area (Å²) in [5.41, 5.74) is 1.62. The summed E-state index contributed by atoms with van der Waals surface area (Å²) in [6.45, 7) is 6.17. The summed E-state index contributed by atoms with van der Waals surface area (Å²) in [4.78, 5) is 41.9. The van der Waals surface area contributed by atoms with Gasteiger partial charge >= 0.3 is 51.4 Å². The number of unbranched alkanes of at least 4 members (excludes halogenated alkanes) is 1. The van der Waals surface area contributed by atoms with Crippen LogP contribution in [0.3, 0.4) is 0 Å². The molecule has 3 aromatic rings. The summed E-state index contributed by atoms with van der Waals surface area (Å²) in [7, 11) is 0. The molecular formula is C27H30Cl2FIKN7O2.